The highest BCUT2D eigenvalue weighted by atomic mass is 16.1. The molecule has 0 fully saturated rings. The second kappa shape index (κ2) is 7.91. The summed E-state index contributed by atoms with van der Waals surface area (Å²) in [4.78, 5) is 13.6. The molecule has 0 unspecified atom stereocenters. The van der Waals surface area contributed by atoms with Gasteiger partial charge in [0, 0.05) is 24.3 Å². The van der Waals surface area contributed by atoms with E-state index >= 15 is 0 Å². The van der Waals surface area contributed by atoms with Crippen LogP contribution in [0.1, 0.15) is 55.5 Å². The number of unbranched alkanes of at least 4 members (excludes halogenated alkanes) is 2. The van der Waals surface area contributed by atoms with Gasteiger partial charge in [-0.3, -0.25) is 4.79 Å². The molecule has 2 heteroatoms. The van der Waals surface area contributed by atoms with E-state index in [0.717, 1.165) is 36.2 Å². The van der Waals surface area contributed by atoms with Crippen molar-refractivity contribution >= 4 is 12.0 Å². The maximum atomic E-state index is 11.2. The Hall–Kier alpha value is -1.31. The fourth-order valence-electron chi connectivity index (χ4n) is 2.11. The molecule has 0 aliphatic carbocycles. The van der Waals surface area contributed by atoms with Gasteiger partial charge in [-0.2, -0.15) is 0 Å². The van der Waals surface area contributed by atoms with Crippen molar-refractivity contribution in [1.29, 1.82) is 0 Å². The first-order valence-electron chi connectivity index (χ1n) is 7.03. The van der Waals surface area contributed by atoms with Crippen LogP contribution in [0.2, 0.25) is 0 Å². The summed E-state index contributed by atoms with van der Waals surface area (Å²) < 4.78 is 0. The number of hydrogen-bond acceptors (Lipinski definition) is 2. The molecule has 0 spiro atoms. The van der Waals surface area contributed by atoms with E-state index < -0.39 is 0 Å². The fraction of sp³-hybridized carbons (Fsp3) is 0.562. The molecule has 0 aliphatic heterocycles. The Bertz CT molecular complexity index is 365. The average Bonchev–Trinajstić information content (AvgIpc) is 2.39. The van der Waals surface area contributed by atoms with E-state index in [9.17, 15) is 4.79 Å². The lowest BCUT2D eigenvalue weighted by molar-refractivity contribution is 0.112. The number of aryl methyl sites for hydroxylation is 1. The number of benzene rings is 1. The van der Waals surface area contributed by atoms with Gasteiger partial charge in [0.05, 0.1) is 0 Å². The van der Waals surface area contributed by atoms with Crippen LogP contribution in [0, 0.1) is 6.92 Å². The molecule has 0 aromatic heterocycles. The quantitative estimate of drug-likeness (QED) is 0.641. The van der Waals surface area contributed by atoms with Crippen molar-refractivity contribution in [2.45, 2.75) is 46.5 Å². The van der Waals surface area contributed by atoms with Gasteiger partial charge in [0.1, 0.15) is 0 Å². The maximum absolute atomic E-state index is 11.2. The number of rotatable bonds is 8. The summed E-state index contributed by atoms with van der Waals surface area (Å²) in [5, 5.41) is 0. The van der Waals surface area contributed by atoms with Crippen LogP contribution < -0.4 is 4.90 Å². The summed E-state index contributed by atoms with van der Waals surface area (Å²) in [5.41, 5.74) is 3.06. The van der Waals surface area contributed by atoms with Gasteiger partial charge < -0.3 is 4.90 Å². The summed E-state index contributed by atoms with van der Waals surface area (Å²) in [5.74, 6) is 0. The van der Waals surface area contributed by atoms with Gasteiger partial charge in [-0.05, 0) is 31.9 Å². The topological polar surface area (TPSA) is 20.3 Å². The van der Waals surface area contributed by atoms with E-state index in [-0.39, 0.29) is 0 Å². The zero-order valence-electron chi connectivity index (χ0n) is 11.9. The van der Waals surface area contributed by atoms with Crippen LogP contribution in [0.3, 0.4) is 0 Å². The van der Waals surface area contributed by atoms with Gasteiger partial charge in [0.15, 0.2) is 6.29 Å². The Morgan fingerprint density at radius 3 is 2.22 bits per heavy atom. The minimum Gasteiger partial charge on any atom is -0.371 e. The van der Waals surface area contributed by atoms with Crippen LogP contribution in [-0.4, -0.2) is 19.4 Å². The van der Waals surface area contributed by atoms with Crippen molar-refractivity contribution < 1.29 is 4.79 Å². The highest BCUT2D eigenvalue weighted by Gasteiger charge is 2.10. The molecule has 1 aromatic carbocycles. The Labute approximate surface area is 111 Å². The minimum atomic E-state index is 0.821. The molecule has 0 N–H and O–H groups in total. The standard InChI is InChI=1S/C16H25NO/c1-4-6-10-17(11-7-5-2)16-9-8-14(3)12-15(16)13-18/h8-9,12-13H,4-7,10-11H2,1-3H3. The van der Waals surface area contributed by atoms with Crippen molar-refractivity contribution in [3.63, 3.8) is 0 Å². The van der Waals surface area contributed by atoms with Crippen LogP contribution in [0.25, 0.3) is 0 Å². The van der Waals surface area contributed by atoms with Gasteiger partial charge in [-0.15, -0.1) is 0 Å². The van der Waals surface area contributed by atoms with Gasteiger partial charge in [-0.25, -0.2) is 0 Å². The molecular formula is C16H25NO. The van der Waals surface area contributed by atoms with Gasteiger partial charge in [0.2, 0.25) is 0 Å². The number of carbonyl (C=O) groups is 1. The Morgan fingerprint density at radius 2 is 1.72 bits per heavy atom. The molecule has 0 atom stereocenters. The highest BCUT2D eigenvalue weighted by Crippen LogP contribution is 2.21. The molecule has 1 rings (SSSR count). The summed E-state index contributed by atoms with van der Waals surface area (Å²) in [6.07, 6.45) is 5.70. The first kappa shape index (κ1) is 14.7. The molecule has 2 nitrogen and oxygen atoms in total. The minimum absolute atomic E-state index is 0.821. The van der Waals surface area contributed by atoms with Gasteiger partial charge >= 0.3 is 0 Å². The van der Waals surface area contributed by atoms with E-state index in [2.05, 4.69) is 30.9 Å². The van der Waals surface area contributed by atoms with E-state index in [0.29, 0.717) is 0 Å². The monoisotopic (exact) mass is 247 g/mol. The highest BCUT2D eigenvalue weighted by molar-refractivity contribution is 5.85. The lowest BCUT2D eigenvalue weighted by atomic mass is 10.1. The zero-order valence-corrected chi connectivity index (χ0v) is 11.9. The Balaban J connectivity index is 2.91. The summed E-state index contributed by atoms with van der Waals surface area (Å²) in [6.45, 7) is 8.52. The third kappa shape index (κ3) is 4.17. The average molecular weight is 247 g/mol. The van der Waals surface area contributed by atoms with E-state index in [1.54, 1.807) is 0 Å². The molecule has 0 amide bonds. The first-order valence-corrected chi connectivity index (χ1v) is 7.03. The van der Waals surface area contributed by atoms with E-state index in [1.165, 1.54) is 25.7 Å². The predicted octanol–water partition coefficient (Wildman–Crippen LogP) is 4.21. The van der Waals surface area contributed by atoms with Crippen molar-refractivity contribution in [3.8, 4) is 0 Å². The molecule has 0 saturated heterocycles. The first-order chi connectivity index (χ1) is 8.72. The molecule has 0 saturated carbocycles. The summed E-state index contributed by atoms with van der Waals surface area (Å²) in [7, 11) is 0. The number of nitrogens with zero attached hydrogens (tertiary/aromatic N) is 1. The van der Waals surface area contributed by atoms with Crippen molar-refractivity contribution in [2.75, 3.05) is 18.0 Å². The lowest BCUT2D eigenvalue weighted by Crippen LogP contribution is -2.26. The fourth-order valence-corrected chi connectivity index (χ4v) is 2.11. The van der Waals surface area contributed by atoms with E-state index in [4.69, 9.17) is 0 Å². The number of hydrogen-bond donors (Lipinski definition) is 0. The van der Waals surface area contributed by atoms with Crippen LogP contribution in [0.15, 0.2) is 18.2 Å². The molecule has 18 heavy (non-hydrogen) atoms. The van der Waals surface area contributed by atoms with Gasteiger partial charge in [0.25, 0.3) is 0 Å². The second-order valence-electron chi connectivity index (χ2n) is 4.87. The third-order valence-corrected chi connectivity index (χ3v) is 3.21. The third-order valence-electron chi connectivity index (χ3n) is 3.21. The Morgan fingerprint density at radius 1 is 1.11 bits per heavy atom. The predicted molar refractivity (Wildman–Crippen MR) is 78.6 cm³/mol. The lowest BCUT2D eigenvalue weighted by Gasteiger charge is -2.26. The second-order valence-corrected chi connectivity index (χ2v) is 4.87. The molecule has 0 radical (unpaired) electrons. The summed E-state index contributed by atoms with van der Waals surface area (Å²) in [6, 6.07) is 6.16. The maximum Gasteiger partial charge on any atom is 0.152 e. The molecule has 0 heterocycles. The van der Waals surface area contributed by atoms with Crippen molar-refractivity contribution in [2.24, 2.45) is 0 Å². The number of anilines is 1. The molecule has 0 aliphatic rings. The van der Waals surface area contributed by atoms with Crippen molar-refractivity contribution in [1.82, 2.24) is 0 Å². The number of aldehydes is 1. The van der Waals surface area contributed by atoms with Crippen LogP contribution in [0.4, 0.5) is 5.69 Å². The zero-order chi connectivity index (χ0) is 13.4. The van der Waals surface area contributed by atoms with E-state index in [1.807, 2.05) is 13.0 Å². The molecule has 1 aromatic rings. The van der Waals surface area contributed by atoms with Crippen molar-refractivity contribution in [3.05, 3.63) is 29.3 Å². The Kier molecular flexibility index (Phi) is 6.48. The smallest absolute Gasteiger partial charge is 0.152 e. The molecule has 0 bridgehead atoms. The van der Waals surface area contributed by atoms with Crippen LogP contribution in [0.5, 0.6) is 0 Å². The normalized spacial score (nSPS) is 10.4. The number of carbonyl (C=O) groups excluding carboxylic acids is 1. The summed E-state index contributed by atoms with van der Waals surface area (Å²) >= 11 is 0. The van der Waals surface area contributed by atoms with Gasteiger partial charge in [-0.1, -0.05) is 38.3 Å². The SMILES string of the molecule is CCCCN(CCCC)c1ccc(C)cc1C=O. The van der Waals surface area contributed by atoms with Crippen LogP contribution >= 0.6 is 0 Å². The van der Waals surface area contributed by atoms with Crippen LogP contribution in [-0.2, 0) is 0 Å². The molecule has 100 valence electrons. The largest absolute Gasteiger partial charge is 0.371 e. The molecular weight excluding hydrogens is 222 g/mol.